The summed E-state index contributed by atoms with van der Waals surface area (Å²) in [6.45, 7) is 4.20. The third-order valence-electron chi connectivity index (χ3n) is 2.70. The second kappa shape index (κ2) is 3.00. The molecule has 2 fully saturated rings. The van der Waals surface area contributed by atoms with Gasteiger partial charge in [0.2, 0.25) is 0 Å². The summed E-state index contributed by atoms with van der Waals surface area (Å²) in [7, 11) is 0. The molecule has 2 nitrogen and oxygen atoms in total. The summed E-state index contributed by atoms with van der Waals surface area (Å²) in [5.41, 5.74) is 2.46. The monoisotopic (exact) mass is 164 g/mol. The molecule has 2 rings (SSSR count). The molecule has 0 bridgehead atoms. The summed E-state index contributed by atoms with van der Waals surface area (Å²) in [5, 5.41) is 8.50. The highest BCUT2D eigenvalue weighted by molar-refractivity contribution is 5.89. The fourth-order valence-electron chi connectivity index (χ4n) is 1.32. The molecule has 0 N–H and O–H groups in total. The van der Waals surface area contributed by atoms with Crippen LogP contribution >= 0.6 is 0 Å². The van der Waals surface area contributed by atoms with Crippen LogP contribution in [0.3, 0.4) is 0 Å². The van der Waals surface area contributed by atoms with Gasteiger partial charge in [0.1, 0.15) is 0 Å². The van der Waals surface area contributed by atoms with E-state index in [1.165, 1.54) is 37.1 Å². The Hall–Kier alpha value is -0.660. The first-order chi connectivity index (χ1) is 5.77. The van der Waals surface area contributed by atoms with Gasteiger partial charge in [-0.2, -0.15) is 10.2 Å². The van der Waals surface area contributed by atoms with E-state index in [4.69, 9.17) is 0 Å². The molecule has 2 saturated carbocycles. The molecule has 2 aliphatic rings. The van der Waals surface area contributed by atoms with E-state index < -0.39 is 0 Å². The van der Waals surface area contributed by atoms with E-state index in [0.717, 1.165) is 11.8 Å². The highest BCUT2D eigenvalue weighted by Crippen LogP contribution is 2.32. The molecule has 0 heterocycles. The van der Waals surface area contributed by atoms with Gasteiger partial charge in [0, 0.05) is 11.4 Å². The van der Waals surface area contributed by atoms with Crippen molar-refractivity contribution in [2.24, 2.45) is 22.0 Å². The van der Waals surface area contributed by atoms with Crippen molar-refractivity contribution in [2.75, 3.05) is 0 Å². The van der Waals surface area contributed by atoms with Crippen molar-refractivity contribution in [1.29, 1.82) is 0 Å². The van der Waals surface area contributed by atoms with Crippen LogP contribution in [0.15, 0.2) is 10.2 Å². The molecule has 0 unspecified atom stereocenters. The third-order valence-corrected chi connectivity index (χ3v) is 2.70. The molecule has 66 valence electrons. The summed E-state index contributed by atoms with van der Waals surface area (Å²) >= 11 is 0. The molecular weight excluding hydrogens is 148 g/mol. The molecule has 0 aliphatic heterocycles. The van der Waals surface area contributed by atoms with Gasteiger partial charge >= 0.3 is 0 Å². The lowest BCUT2D eigenvalue weighted by molar-refractivity contribution is 1.07. The zero-order chi connectivity index (χ0) is 8.55. The number of rotatable bonds is 3. The summed E-state index contributed by atoms with van der Waals surface area (Å²) in [6.07, 6.45) is 5.31. The van der Waals surface area contributed by atoms with Crippen LogP contribution in [-0.2, 0) is 0 Å². The van der Waals surface area contributed by atoms with E-state index in [1.807, 2.05) is 0 Å². The Morgan fingerprint density at radius 1 is 0.833 bits per heavy atom. The molecule has 0 aromatic heterocycles. The van der Waals surface area contributed by atoms with Crippen molar-refractivity contribution in [3.05, 3.63) is 0 Å². The van der Waals surface area contributed by atoms with Crippen molar-refractivity contribution >= 4 is 11.4 Å². The van der Waals surface area contributed by atoms with Crippen molar-refractivity contribution in [3.63, 3.8) is 0 Å². The van der Waals surface area contributed by atoms with Gasteiger partial charge in [-0.1, -0.05) is 0 Å². The van der Waals surface area contributed by atoms with Crippen LogP contribution in [0.2, 0.25) is 0 Å². The highest BCUT2D eigenvalue weighted by Gasteiger charge is 2.26. The summed E-state index contributed by atoms with van der Waals surface area (Å²) < 4.78 is 0. The van der Waals surface area contributed by atoms with Crippen LogP contribution < -0.4 is 0 Å². The van der Waals surface area contributed by atoms with E-state index in [0.29, 0.717) is 0 Å². The molecule has 0 saturated heterocycles. The van der Waals surface area contributed by atoms with Gasteiger partial charge in [-0.3, -0.25) is 0 Å². The predicted octanol–water partition coefficient (Wildman–Crippen LogP) is 2.64. The van der Waals surface area contributed by atoms with Gasteiger partial charge < -0.3 is 0 Å². The molecule has 0 atom stereocenters. The van der Waals surface area contributed by atoms with Crippen LogP contribution in [-0.4, -0.2) is 11.4 Å². The molecule has 0 spiro atoms. The number of hydrogen-bond donors (Lipinski definition) is 0. The Bertz CT molecular complexity index is 206. The van der Waals surface area contributed by atoms with Gasteiger partial charge in [0.05, 0.1) is 0 Å². The zero-order valence-electron chi connectivity index (χ0n) is 7.88. The predicted molar refractivity (Wildman–Crippen MR) is 51.7 cm³/mol. The first-order valence-corrected chi connectivity index (χ1v) is 4.86. The van der Waals surface area contributed by atoms with Crippen LogP contribution in [0.4, 0.5) is 0 Å². The Balaban J connectivity index is 1.91. The highest BCUT2D eigenvalue weighted by atomic mass is 15.2. The van der Waals surface area contributed by atoms with Gasteiger partial charge in [-0.25, -0.2) is 0 Å². The molecule has 0 amide bonds. The molecular formula is C10H16N2. The van der Waals surface area contributed by atoms with Crippen molar-refractivity contribution in [2.45, 2.75) is 39.5 Å². The van der Waals surface area contributed by atoms with Crippen molar-refractivity contribution in [1.82, 2.24) is 0 Å². The Kier molecular flexibility index (Phi) is 1.99. The smallest absolute Gasteiger partial charge is 0.0405 e. The average Bonchev–Trinajstić information content (AvgIpc) is 2.91. The minimum absolute atomic E-state index is 0.765. The Morgan fingerprint density at radius 2 is 1.17 bits per heavy atom. The topological polar surface area (TPSA) is 24.7 Å². The van der Waals surface area contributed by atoms with Crippen LogP contribution in [0.25, 0.3) is 0 Å². The van der Waals surface area contributed by atoms with Crippen LogP contribution in [0.1, 0.15) is 39.5 Å². The van der Waals surface area contributed by atoms with Crippen LogP contribution in [0.5, 0.6) is 0 Å². The second-order valence-electron chi connectivity index (χ2n) is 4.03. The normalized spacial score (nSPS) is 26.2. The van der Waals surface area contributed by atoms with Crippen LogP contribution in [0, 0.1) is 11.8 Å². The van der Waals surface area contributed by atoms with Gasteiger partial charge in [0.15, 0.2) is 0 Å². The quantitative estimate of drug-likeness (QED) is 0.452. The fourth-order valence-corrected chi connectivity index (χ4v) is 1.32. The SMILES string of the molecule is CC(=NN=C(C)C1CC1)C1CC1. The lowest BCUT2D eigenvalue weighted by atomic mass is 10.3. The number of nitrogens with zero attached hydrogens (tertiary/aromatic N) is 2. The summed E-state index contributed by atoms with van der Waals surface area (Å²) in [4.78, 5) is 0. The Morgan fingerprint density at radius 3 is 1.42 bits per heavy atom. The lowest BCUT2D eigenvalue weighted by Gasteiger charge is -1.93. The maximum atomic E-state index is 4.25. The maximum Gasteiger partial charge on any atom is 0.0405 e. The van der Waals surface area contributed by atoms with E-state index in [2.05, 4.69) is 24.1 Å². The maximum absolute atomic E-state index is 4.25. The largest absolute Gasteiger partial charge is 0.160 e. The first-order valence-electron chi connectivity index (χ1n) is 4.86. The van der Waals surface area contributed by atoms with Gasteiger partial charge in [-0.05, 0) is 51.4 Å². The fraction of sp³-hybridized carbons (Fsp3) is 0.800. The lowest BCUT2D eigenvalue weighted by Crippen LogP contribution is -1.95. The third kappa shape index (κ3) is 1.93. The minimum atomic E-state index is 0.765. The van der Waals surface area contributed by atoms with E-state index in [-0.39, 0.29) is 0 Å². The first kappa shape index (κ1) is 7.96. The van der Waals surface area contributed by atoms with Crippen molar-refractivity contribution < 1.29 is 0 Å². The molecule has 0 radical (unpaired) electrons. The van der Waals surface area contributed by atoms with E-state index >= 15 is 0 Å². The molecule has 0 aromatic rings. The average molecular weight is 164 g/mol. The van der Waals surface area contributed by atoms with E-state index in [9.17, 15) is 0 Å². The van der Waals surface area contributed by atoms with Crippen molar-refractivity contribution in [3.8, 4) is 0 Å². The molecule has 2 heteroatoms. The number of hydrogen-bond acceptors (Lipinski definition) is 2. The standard InChI is InChI=1S/C10H16N2/c1-7(9-3-4-9)11-12-8(2)10-5-6-10/h9-10H,3-6H2,1-2H3. The molecule has 0 aromatic carbocycles. The molecule has 12 heavy (non-hydrogen) atoms. The van der Waals surface area contributed by atoms with Gasteiger partial charge in [-0.15, -0.1) is 0 Å². The summed E-state index contributed by atoms with van der Waals surface area (Å²) in [6, 6.07) is 0. The molecule has 2 aliphatic carbocycles. The second-order valence-corrected chi connectivity index (χ2v) is 4.03. The minimum Gasteiger partial charge on any atom is -0.160 e. The summed E-state index contributed by atoms with van der Waals surface area (Å²) in [5.74, 6) is 1.53. The van der Waals surface area contributed by atoms with Gasteiger partial charge in [0.25, 0.3) is 0 Å². The zero-order valence-corrected chi connectivity index (χ0v) is 7.88. The Labute approximate surface area is 73.8 Å². The van der Waals surface area contributed by atoms with E-state index in [1.54, 1.807) is 0 Å².